The van der Waals surface area contributed by atoms with E-state index >= 15 is 0 Å². The van der Waals surface area contributed by atoms with Crippen molar-refractivity contribution in [3.8, 4) is 0 Å². The molecule has 0 aliphatic heterocycles. The molecule has 0 radical (unpaired) electrons. The topological polar surface area (TPSA) is 0 Å². The highest BCUT2D eigenvalue weighted by Crippen LogP contribution is 2.34. The SMILES string of the molecule is CC(C)CCCC(C)CCCc1c2cccc1Cc1cccc3c1CCCCCCCc1ccccc1CCCCCCCc1c(cccc1Cc1cccc(c1CCCC(C)CCCC(C)C)C3)C2. The lowest BCUT2D eigenvalue weighted by molar-refractivity contribution is 0.427. The van der Waals surface area contributed by atoms with Gasteiger partial charge < -0.3 is 0 Å². The van der Waals surface area contributed by atoms with Crippen LogP contribution >= 0.6 is 0 Å². The Balaban J connectivity index is 1.28. The zero-order valence-electron chi connectivity index (χ0n) is 45.8. The van der Waals surface area contributed by atoms with E-state index in [-0.39, 0.29) is 0 Å². The van der Waals surface area contributed by atoms with Gasteiger partial charge in [0.05, 0.1) is 0 Å². The minimum Gasteiger partial charge on any atom is -0.0628 e. The highest BCUT2D eigenvalue weighted by atomic mass is 14.3. The first-order valence-corrected chi connectivity index (χ1v) is 29.7. The predicted octanol–water partition coefficient (Wildman–Crippen LogP) is 19.7. The summed E-state index contributed by atoms with van der Waals surface area (Å²) in [6.07, 6.45) is 38.0. The molecule has 0 nitrogen and oxygen atoms in total. The van der Waals surface area contributed by atoms with Gasteiger partial charge in [-0.2, -0.15) is 0 Å². The van der Waals surface area contributed by atoms with Crippen molar-refractivity contribution in [2.24, 2.45) is 23.7 Å². The fourth-order valence-electron chi connectivity index (χ4n) is 12.8. The van der Waals surface area contributed by atoms with Crippen molar-refractivity contribution < 1.29 is 0 Å². The number of hydrogen-bond acceptors (Lipinski definition) is 0. The molecule has 0 aromatic heterocycles. The third-order valence-electron chi connectivity index (χ3n) is 17.1. The molecule has 378 valence electrons. The van der Waals surface area contributed by atoms with E-state index in [0.29, 0.717) is 0 Å². The van der Waals surface area contributed by atoms with Crippen LogP contribution < -0.4 is 0 Å². The molecule has 2 atom stereocenters. The van der Waals surface area contributed by atoms with Crippen LogP contribution in [0.5, 0.6) is 0 Å². The van der Waals surface area contributed by atoms with E-state index in [1.54, 1.807) is 77.9 Å². The minimum atomic E-state index is 0.792. The van der Waals surface area contributed by atoms with Crippen molar-refractivity contribution in [3.05, 3.63) is 175 Å². The van der Waals surface area contributed by atoms with Crippen molar-refractivity contribution in [2.45, 2.75) is 234 Å². The van der Waals surface area contributed by atoms with Crippen molar-refractivity contribution in [2.75, 3.05) is 0 Å². The molecule has 8 rings (SSSR count). The van der Waals surface area contributed by atoms with Crippen LogP contribution in [-0.2, 0) is 64.2 Å². The Bertz CT molecular complexity index is 2050. The third kappa shape index (κ3) is 16.8. The summed E-state index contributed by atoms with van der Waals surface area (Å²) in [5.74, 6) is 3.20. The van der Waals surface area contributed by atoms with E-state index in [9.17, 15) is 0 Å². The largest absolute Gasteiger partial charge is 0.0628 e. The molecule has 0 heteroatoms. The average molecular weight is 940 g/mol. The van der Waals surface area contributed by atoms with Gasteiger partial charge in [-0.05, 0) is 204 Å². The molecule has 0 N–H and O–H groups in total. The Labute approximate surface area is 430 Å². The van der Waals surface area contributed by atoms with Crippen molar-refractivity contribution in [1.82, 2.24) is 0 Å². The van der Waals surface area contributed by atoms with Crippen LogP contribution in [0.15, 0.2) is 97.1 Å². The summed E-state index contributed by atoms with van der Waals surface area (Å²) < 4.78 is 0. The standard InChI is InChI=1S/C70H98/c1-53(2)27-19-29-55(5)31-21-47-69-63-41-25-42-64(69)50-60-38-24-40-62-52-66-44-26-43-65(70(66)48-22-32-56(6)30-20-28-54(3)4)51-61-39-23-37-59(49-63)67(61)45-15-11-7-9-13-33-57-35-17-18-36-58(57)34-14-10-8-12-16-46-68(60)62/h17-18,23-26,35-44,53-56H,7-16,19-22,27-34,45-52H2,1-6H3. The van der Waals surface area contributed by atoms with Crippen molar-refractivity contribution >= 4 is 0 Å². The Morgan fingerprint density at radius 2 is 0.571 bits per heavy atom. The van der Waals surface area contributed by atoms with Gasteiger partial charge in [0.25, 0.3) is 0 Å². The summed E-state index contributed by atoms with van der Waals surface area (Å²) >= 11 is 0. The third-order valence-corrected chi connectivity index (χ3v) is 17.1. The first-order valence-electron chi connectivity index (χ1n) is 29.7. The second-order valence-electron chi connectivity index (χ2n) is 23.9. The van der Waals surface area contributed by atoms with Gasteiger partial charge in [-0.1, -0.05) is 228 Å². The number of fused-ring (bicyclic) bond motifs is 12. The molecule has 0 spiro atoms. The summed E-state index contributed by atoms with van der Waals surface area (Å²) in [7, 11) is 0. The summed E-state index contributed by atoms with van der Waals surface area (Å²) in [6.45, 7) is 14.6. The van der Waals surface area contributed by atoms with Gasteiger partial charge in [0.1, 0.15) is 0 Å². The highest BCUT2D eigenvalue weighted by Gasteiger charge is 2.20. The average Bonchev–Trinajstić information content (AvgIpc) is 3.33. The molecule has 70 heavy (non-hydrogen) atoms. The highest BCUT2D eigenvalue weighted by molar-refractivity contribution is 5.50. The van der Waals surface area contributed by atoms with E-state index in [1.165, 1.54) is 167 Å². The summed E-state index contributed by atoms with van der Waals surface area (Å²) in [5, 5.41) is 0. The first-order chi connectivity index (χ1) is 34.2. The minimum absolute atomic E-state index is 0.792. The zero-order chi connectivity index (χ0) is 48.9. The van der Waals surface area contributed by atoms with Gasteiger partial charge >= 0.3 is 0 Å². The summed E-state index contributed by atoms with van der Waals surface area (Å²) in [5.41, 5.74) is 22.6. The van der Waals surface area contributed by atoms with Crippen molar-refractivity contribution in [1.29, 1.82) is 0 Å². The fraction of sp³-hybridized carbons (Fsp3) is 0.571. The molecule has 5 aromatic rings. The van der Waals surface area contributed by atoms with Crippen LogP contribution in [0, 0.1) is 23.7 Å². The number of hydrogen-bond donors (Lipinski definition) is 0. The molecule has 0 saturated carbocycles. The second kappa shape index (κ2) is 29.0. The summed E-state index contributed by atoms with van der Waals surface area (Å²) in [4.78, 5) is 0. The van der Waals surface area contributed by atoms with Crippen LogP contribution in [-0.4, -0.2) is 0 Å². The molecule has 10 bridgehead atoms. The van der Waals surface area contributed by atoms with Crippen molar-refractivity contribution in [3.63, 3.8) is 0 Å². The molecule has 0 saturated heterocycles. The van der Waals surface area contributed by atoms with E-state index < -0.39 is 0 Å². The first kappa shape index (κ1) is 53.9. The Morgan fingerprint density at radius 1 is 0.286 bits per heavy atom. The number of rotatable bonds is 16. The van der Waals surface area contributed by atoms with Gasteiger partial charge in [0, 0.05) is 0 Å². The van der Waals surface area contributed by atoms with Crippen LogP contribution in [0.1, 0.15) is 248 Å². The molecule has 3 aliphatic rings. The maximum atomic E-state index is 2.53. The van der Waals surface area contributed by atoms with Gasteiger partial charge in [-0.25, -0.2) is 0 Å². The van der Waals surface area contributed by atoms with Crippen LogP contribution in [0.3, 0.4) is 0 Å². The van der Waals surface area contributed by atoms with Crippen LogP contribution in [0.4, 0.5) is 0 Å². The lowest BCUT2D eigenvalue weighted by Gasteiger charge is -2.23. The van der Waals surface area contributed by atoms with Gasteiger partial charge in [-0.3, -0.25) is 0 Å². The molecular weight excluding hydrogens is 841 g/mol. The summed E-state index contributed by atoms with van der Waals surface area (Å²) in [6, 6.07) is 39.3. The molecule has 0 fully saturated rings. The lowest BCUT2D eigenvalue weighted by atomic mass is 9.82. The Kier molecular flexibility index (Phi) is 22.3. The maximum absolute atomic E-state index is 2.53. The van der Waals surface area contributed by atoms with E-state index in [2.05, 4.69) is 139 Å². The maximum Gasteiger partial charge on any atom is -0.00201 e. The normalized spacial score (nSPS) is 16.2. The molecule has 2 unspecified atom stereocenters. The van der Waals surface area contributed by atoms with Gasteiger partial charge in [0.2, 0.25) is 0 Å². The zero-order valence-corrected chi connectivity index (χ0v) is 45.8. The quantitative estimate of drug-likeness (QED) is 0.0907. The van der Waals surface area contributed by atoms with Crippen LogP contribution in [0.25, 0.3) is 0 Å². The fourth-order valence-corrected chi connectivity index (χ4v) is 12.8. The van der Waals surface area contributed by atoms with Gasteiger partial charge in [-0.15, -0.1) is 0 Å². The number of aryl methyl sites for hydroxylation is 2. The molecule has 0 heterocycles. The number of benzene rings is 5. The Hall–Kier alpha value is -3.90. The molecule has 3 aliphatic carbocycles. The van der Waals surface area contributed by atoms with Crippen LogP contribution in [0.2, 0.25) is 0 Å². The predicted molar refractivity (Wildman–Crippen MR) is 306 cm³/mol. The molecule has 0 amide bonds. The molecular formula is C70H98. The smallest absolute Gasteiger partial charge is 0.00201 e. The second-order valence-corrected chi connectivity index (χ2v) is 23.9. The van der Waals surface area contributed by atoms with Gasteiger partial charge in [0.15, 0.2) is 0 Å². The Morgan fingerprint density at radius 3 is 0.914 bits per heavy atom. The van der Waals surface area contributed by atoms with E-state index in [1.807, 2.05) is 0 Å². The lowest BCUT2D eigenvalue weighted by Crippen LogP contribution is -2.10. The molecule has 5 aromatic carbocycles. The van der Waals surface area contributed by atoms with E-state index in [4.69, 9.17) is 0 Å². The monoisotopic (exact) mass is 939 g/mol. The van der Waals surface area contributed by atoms with E-state index in [0.717, 1.165) is 49.4 Å².